The first-order valence-corrected chi connectivity index (χ1v) is 9.29. The SMILES string of the molecule is CCCCOCC[C@@H](NS(=O)(=O)c1ccc(C)cc1)[C@@H]1CO1. The second-order valence-electron chi connectivity index (χ2n) is 5.67. The molecule has 0 aromatic heterocycles. The Hall–Kier alpha value is -0.950. The molecular weight excluding hydrogens is 302 g/mol. The molecule has 0 aliphatic carbocycles. The standard InChI is InChI=1S/C16H25NO4S/c1-3-4-10-20-11-9-15(16-12-21-16)17-22(18,19)14-7-5-13(2)6-8-14/h5-8,15-17H,3-4,9-12H2,1-2H3/t15-,16+/m1/s1. The van der Waals surface area contributed by atoms with Gasteiger partial charge in [-0.1, -0.05) is 31.0 Å². The van der Waals surface area contributed by atoms with Crippen LogP contribution in [0.2, 0.25) is 0 Å². The van der Waals surface area contributed by atoms with Crippen LogP contribution in [0.5, 0.6) is 0 Å². The zero-order valence-electron chi connectivity index (χ0n) is 13.2. The van der Waals surface area contributed by atoms with Gasteiger partial charge in [0.15, 0.2) is 0 Å². The molecule has 1 saturated heterocycles. The molecule has 2 atom stereocenters. The molecule has 5 nitrogen and oxygen atoms in total. The van der Waals surface area contributed by atoms with Gasteiger partial charge in [0.05, 0.1) is 23.6 Å². The third kappa shape index (κ3) is 5.35. The number of sulfonamides is 1. The molecule has 0 amide bonds. The Labute approximate surface area is 133 Å². The van der Waals surface area contributed by atoms with Gasteiger partial charge < -0.3 is 9.47 Å². The van der Waals surface area contributed by atoms with Gasteiger partial charge in [0, 0.05) is 13.2 Å². The molecule has 0 bridgehead atoms. The highest BCUT2D eigenvalue weighted by Crippen LogP contribution is 2.20. The average molecular weight is 327 g/mol. The number of rotatable bonds is 10. The summed E-state index contributed by atoms with van der Waals surface area (Å²) in [4.78, 5) is 0.288. The third-order valence-electron chi connectivity index (χ3n) is 3.66. The van der Waals surface area contributed by atoms with Crippen LogP contribution in [0.1, 0.15) is 31.7 Å². The van der Waals surface area contributed by atoms with E-state index in [1.54, 1.807) is 24.3 Å². The lowest BCUT2D eigenvalue weighted by Gasteiger charge is -2.17. The van der Waals surface area contributed by atoms with E-state index in [0.29, 0.717) is 19.6 Å². The van der Waals surface area contributed by atoms with Gasteiger partial charge in [-0.3, -0.25) is 0 Å². The van der Waals surface area contributed by atoms with Crippen molar-refractivity contribution < 1.29 is 17.9 Å². The second-order valence-corrected chi connectivity index (χ2v) is 7.38. The summed E-state index contributed by atoms with van der Waals surface area (Å²) in [7, 11) is -3.51. The van der Waals surface area contributed by atoms with E-state index in [0.717, 1.165) is 25.0 Å². The maximum Gasteiger partial charge on any atom is 0.240 e. The lowest BCUT2D eigenvalue weighted by Crippen LogP contribution is -2.39. The summed E-state index contributed by atoms with van der Waals surface area (Å²) in [5, 5.41) is 0. The Balaban J connectivity index is 1.90. The molecule has 124 valence electrons. The second kappa shape index (κ2) is 8.06. The van der Waals surface area contributed by atoms with Crippen LogP contribution >= 0.6 is 0 Å². The van der Waals surface area contributed by atoms with E-state index in [-0.39, 0.29) is 17.0 Å². The summed E-state index contributed by atoms with van der Waals surface area (Å²) >= 11 is 0. The number of ether oxygens (including phenoxy) is 2. The summed E-state index contributed by atoms with van der Waals surface area (Å²) < 4.78 is 38.4. The van der Waals surface area contributed by atoms with Crippen molar-refractivity contribution in [3.63, 3.8) is 0 Å². The molecule has 2 rings (SSSR count). The van der Waals surface area contributed by atoms with E-state index in [1.165, 1.54) is 0 Å². The summed E-state index contributed by atoms with van der Waals surface area (Å²) in [6.45, 7) is 5.91. The van der Waals surface area contributed by atoms with Gasteiger partial charge in [-0.05, 0) is 31.9 Å². The lowest BCUT2D eigenvalue weighted by atomic mass is 10.2. The van der Waals surface area contributed by atoms with Crippen LogP contribution in [-0.2, 0) is 19.5 Å². The average Bonchev–Trinajstić information content (AvgIpc) is 3.31. The maximum absolute atomic E-state index is 12.4. The van der Waals surface area contributed by atoms with Crippen LogP contribution in [0, 0.1) is 6.92 Å². The fraction of sp³-hybridized carbons (Fsp3) is 0.625. The Morgan fingerprint density at radius 1 is 1.32 bits per heavy atom. The molecule has 0 spiro atoms. The molecule has 1 N–H and O–H groups in total. The van der Waals surface area contributed by atoms with E-state index in [4.69, 9.17) is 9.47 Å². The van der Waals surface area contributed by atoms with Crippen molar-refractivity contribution in [3.8, 4) is 0 Å². The molecule has 1 fully saturated rings. The van der Waals surface area contributed by atoms with Gasteiger partial charge in [0.1, 0.15) is 0 Å². The van der Waals surface area contributed by atoms with Crippen LogP contribution in [0.3, 0.4) is 0 Å². The van der Waals surface area contributed by atoms with Crippen LogP contribution < -0.4 is 4.72 Å². The van der Waals surface area contributed by atoms with Crippen molar-refractivity contribution in [2.24, 2.45) is 0 Å². The van der Waals surface area contributed by atoms with Crippen molar-refractivity contribution in [3.05, 3.63) is 29.8 Å². The highest BCUT2D eigenvalue weighted by molar-refractivity contribution is 7.89. The summed E-state index contributed by atoms with van der Waals surface area (Å²) in [6, 6.07) is 6.62. The van der Waals surface area contributed by atoms with Gasteiger partial charge in [-0.15, -0.1) is 0 Å². The van der Waals surface area contributed by atoms with Crippen molar-refractivity contribution in [2.75, 3.05) is 19.8 Å². The minimum Gasteiger partial charge on any atom is -0.381 e. The van der Waals surface area contributed by atoms with Gasteiger partial charge >= 0.3 is 0 Å². The van der Waals surface area contributed by atoms with Crippen LogP contribution in [-0.4, -0.2) is 40.4 Å². The molecule has 1 heterocycles. The molecule has 1 aliphatic rings. The zero-order valence-corrected chi connectivity index (χ0v) is 14.1. The fourth-order valence-electron chi connectivity index (χ4n) is 2.15. The number of hydrogen-bond donors (Lipinski definition) is 1. The number of unbranched alkanes of at least 4 members (excludes halogenated alkanes) is 1. The van der Waals surface area contributed by atoms with Crippen molar-refractivity contribution in [1.29, 1.82) is 0 Å². The van der Waals surface area contributed by atoms with Crippen molar-refractivity contribution in [1.82, 2.24) is 4.72 Å². The molecule has 6 heteroatoms. The van der Waals surface area contributed by atoms with Gasteiger partial charge in [-0.2, -0.15) is 0 Å². The molecule has 1 aromatic rings. The monoisotopic (exact) mass is 327 g/mol. The number of aryl methyl sites for hydroxylation is 1. The quantitative estimate of drug-likeness (QED) is 0.529. The summed E-state index contributed by atoms with van der Waals surface area (Å²) in [6.07, 6.45) is 2.71. The van der Waals surface area contributed by atoms with E-state index in [2.05, 4.69) is 11.6 Å². The van der Waals surface area contributed by atoms with E-state index in [1.807, 2.05) is 6.92 Å². The number of nitrogens with one attached hydrogen (secondary N) is 1. The van der Waals surface area contributed by atoms with Crippen molar-refractivity contribution in [2.45, 2.75) is 50.2 Å². The Morgan fingerprint density at radius 2 is 2.00 bits per heavy atom. The number of hydrogen-bond acceptors (Lipinski definition) is 4. The summed E-state index contributed by atoms with van der Waals surface area (Å²) in [5.41, 5.74) is 1.03. The third-order valence-corrected chi connectivity index (χ3v) is 5.17. The molecule has 22 heavy (non-hydrogen) atoms. The molecular formula is C16H25NO4S. The van der Waals surface area contributed by atoms with Gasteiger partial charge in [0.2, 0.25) is 10.0 Å². The van der Waals surface area contributed by atoms with Crippen LogP contribution in [0.15, 0.2) is 29.2 Å². The first-order valence-electron chi connectivity index (χ1n) is 7.81. The summed E-state index contributed by atoms with van der Waals surface area (Å²) in [5.74, 6) is 0. The smallest absolute Gasteiger partial charge is 0.240 e. The lowest BCUT2D eigenvalue weighted by molar-refractivity contribution is 0.120. The van der Waals surface area contributed by atoms with Crippen LogP contribution in [0.25, 0.3) is 0 Å². The highest BCUT2D eigenvalue weighted by Gasteiger charge is 2.35. The Morgan fingerprint density at radius 3 is 2.59 bits per heavy atom. The number of epoxide rings is 1. The molecule has 1 aromatic carbocycles. The molecule has 0 radical (unpaired) electrons. The minimum absolute atomic E-state index is 0.0324. The zero-order chi connectivity index (χ0) is 16.0. The van der Waals surface area contributed by atoms with Gasteiger partial charge in [-0.25, -0.2) is 13.1 Å². The predicted octanol–water partition coefficient (Wildman–Crippen LogP) is 2.25. The Bertz CT molecular complexity index is 552. The van der Waals surface area contributed by atoms with Crippen molar-refractivity contribution >= 4 is 10.0 Å². The first kappa shape index (κ1) is 17.4. The fourth-order valence-corrected chi connectivity index (χ4v) is 3.45. The van der Waals surface area contributed by atoms with E-state index >= 15 is 0 Å². The van der Waals surface area contributed by atoms with E-state index in [9.17, 15) is 8.42 Å². The Kier molecular flexibility index (Phi) is 6.37. The molecule has 1 aliphatic heterocycles. The minimum atomic E-state index is -3.51. The van der Waals surface area contributed by atoms with Gasteiger partial charge in [0.25, 0.3) is 0 Å². The molecule has 0 saturated carbocycles. The first-order chi connectivity index (χ1) is 10.5. The predicted molar refractivity (Wildman–Crippen MR) is 85.4 cm³/mol. The van der Waals surface area contributed by atoms with Crippen LogP contribution in [0.4, 0.5) is 0 Å². The highest BCUT2D eigenvalue weighted by atomic mass is 32.2. The molecule has 0 unspecified atom stereocenters. The topological polar surface area (TPSA) is 67.9 Å². The number of benzene rings is 1. The normalized spacial score (nSPS) is 19.1. The van der Waals surface area contributed by atoms with E-state index < -0.39 is 10.0 Å². The maximum atomic E-state index is 12.4. The largest absolute Gasteiger partial charge is 0.381 e.